The van der Waals surface area contributed by atoms with Gasteiger partial charge >= 0.3 is 0 Å². The molecule has 0 spiro atoms. The average Bonchev–Trinajstić information content (AvgIpc) is 2.41. The largest absolute Gasteiger partial charge is 0.456 e. The predicted octanol–water partition coefficient (Wildman–Crippen LogP) is 4.89. The van der Waals surface area contributed by atoms with Crippen molar-refractivity contribution in [2.75, 3.05) is 0 Å². The van der Waals surface area contributed by atoms with Crippen LogP contribution in [0.15, 0.2) is 42.5 Å². The van der Waals surface area contributed by atoms with Crippen molar-refractivity contribution in [1.82, 2.24) is 0 Å². The number of halogens is 1. The molecule has 0 unspecified atom stereocenters. The van der Waals surface area contributed by atoms with Gasteiger partial charge in [0.05, 0.1) is 5.56 Å². The number of ether oxygens (including phenoxy) is 1. The molecule has 2 aromatic rings. The Morgan fingerprint density at radius 3 is 2.50 bits per heavy atom. The summed E-state index contributed by atoms with van der Waals surface area (Å²) in [7, 11) is 0. The molecule has 104 valence electrons. The molecule has 0 radical (unpaired) electrons. The maximum Gasteiger partial charge on any atom is 0.137 e. The highest BCUT2D eigenvalue weighted by molar-refractivity contribution is 7.80. The number of rotatable bonds is 4. The van der Waals surface area contributed by atoms with Crippen molar-refractivity contribution in [1.29, 1.82) is 0 Å². The Morgan fingerprint density at radius 1 is 1.15 bits per heavy atom. The predicted molar refractivity (Wildman–Crippen MR) is 87.9 cm³/mol. The zero-order valence-corrected chi connectivity index (χ0v) is 13.0. The first-order valence-electron chi connectivity index (χ1n) is 6.35. The van der Waals surface area contributed by atoms with Crippen LogP contribution in [-0.4, -0.2) is 4.99 Å². The molecule has 0 saturated heterocycles. The van der Waals surface area contributed by atoms with Crippen molar-refractivity contribution in [3.63, 3.8) is 0 Å². The van der Waals surface area contributed by atoms with Crippen LogP contribution in [0, 0.1) is 0 Å². The van der Waals surface area contributed by atoms with Crippen molar-refractivity contribution >= 4 is 28.8 Å². The molecule has 0 aliphatic rings. The van der Waals surface area contributed by atoms with Gasteiger partial charge in [-0.25, -0.2) is 0 Å². The first kappa shape index (κ1) is 14.8. The number of hydrogen-bond acceptors (Lipinski definition) is 2. The number of hydrogen-bond donors (Lipinski definition) is 1. The van der Waals surface area contributed by atoms with Gasteiger partial charge in [0.2, 0.25) is 0 Å². The van der Waals surface area contributed by atoms with Gasteiger partial charge in [-0.3, -0.25) is 0 Å². The molecule has 0 saturated carbocycles. The van der Waals surface area contributed by atoms with E-state index in [1.807, 2.05) is 18.2 Å². The van der Waals surface area contributed by atoms with Crippen LogP contribution in [-0.2, 0) is 0 Å². The van der Waals surface area contributed by atoms with Gasteiger partial charge < -0.3 is 10.5 Å². The second-order valence-corrected chi connectivity index (χ2v) is 5.68. The molecule has 0 heterocycles. The molecule has 2 N–H and O–H groups in total. The highest BCUT2D eigenvalue weighted by Crippen LogP contribution is 2.33. The van der Waals surface area contributed by atoms with Crippen LogP contribution in [0.4, 0.5) is 0 Å². The van der Waals surface area contributed by atoms with Crippen LogP contribution in [0.3, 0.4) is 0 Å². The molecule has 20 heavy (non-hydrogen) atoms. The number of para-hydroxylation sites is 1. The Bertz CT molecular complexity index is 640. The first-order valence-corrected chi connectivity index (χ1v) is 7.14. The first-order chi connectivity index (χ1) is 9.49. The van der Waals surface area contributed by atoms with Gasteiger partial charge in [0.25, 0.3) is 0 Å². The molecule has 4 heteroatoms. The van der Waals surface area contributed by atoms with Crippen LogP contribution in [0.2, 0.25) is 5.02 Å². The van der Waals surface area contributed by atoms with Crippen LogP contribution < -0.4 is 10.5 Å². The van der Waals surface area contributed by atoms with Crippen molar-refractivity contribution in [2.45, 2.75) is 19.8 Å². The maximum absolute atomic E-state index is 5.99. The molecule has 0 bridgehead atoms. The zero-order chi connectivity index (χ0) is 14.7. The van der Waals surface area contributed by atoms with Crippen molar-refractivity contribution in [3.8, 4) is 11.5 Å². The summed E-state index contributed by atoms with van der Waals surface area (Å²) in [6, 6.07) is 13.2. The minimum absolute atomic E-state index is 0.268. The monoisotopic (exact) mass is 305 g/mol. The minimum atomic E-state index is 0.268. The SMILES string of the molecule is CC(C)c1ccccc1Oc1ccc(Cl)cc1C(N)=S. The van der Waals surface area contributed by atoms with Gasteiger partial charge in [-0.1, -0.05) is 55.9 Å². The lowest BCUT2D eigenvalue weighted by atomic mass is 10.0. The fourth-order valence-corrected chi connectivity index (χ4v) is 2.28. The smallest absolute Gasteiger partial charge is 0.137 e. The van der Waals surface area contributed by atoms with Crippen molar-refractivity contribution < 1.29 is 4.74 Å². The highest BCUT2D eigenvalue weighted by Gasteiger charge is 2.12. The van der Waals surface area contributed by atoms with Gasteiger partial charge in [0.15, 0.2) is 0 Å². The fraction of sp³-hybridized carbons (Fsp3) is 0.188. The van der Waals surface area contributed by atoms with Crippen LogP contribution in [0.5, 0.6) is 11.5 Å². The Balaban J connectivity index is 2.43. The van der Waals surface area contributed by atoms with Gasteiger partial charge in [0, 0.05) is 5.02 Å². The van der Waals surface area contributed by atoms with E-state index in [0.717, 1.165) is 11.3 Å². The lowest BCUT2D eigenvalue weighted by Crippen LogP contribution is -2.11. The van der Waals surface area contributed by atoms with E-state index in [-0.39, 0.29) is 4.99 Å². The molecule has 2 nitrogen and oxygen atoms in total. The van der Waals surface area contributed by atoms with Gasteiger partial charge in [-0.2, -0.15) is 0 Å². The normalized spacial score (nSPS) is 10.6. The topological polar surface area (TPSA) is 35.2 Å². The summed E-state index contributed by atoms with van der Waals surface area (Å²) in [6.45, 7) is 4.25. The zero-order valence-electron chi connectivity index (χ0n) is 11.4. The van der Waals surface area contributed by atoms with Gasteiger partial charge in [-0.15, -0.1) is 0 Å². The average molecular weight is 306 g/mol. The number of thiocarbonyl (C=S) groups is 1. The summed E-state index contributed by atoms with van der Waals surface area (Å²) in [6.07, 6.45) is 0. The number of benzene rings is 2. The van der Waals surface area contributed by atoms with E-state index in [9.17, 15) is 0 Å². The standard InChI is InChI=1S/C16H16ClNOS/c1-10(2)12-5-3-4-6-14(12)19-15-8-7-11(17)9-13(15)16(18)20/h3-10H,1-2H3,(H2,18,20). The van der Waals surface area contributed by atoms with E-state index in [1.165, 1.54) is 0 Å². The van der Waals surface area contributed by atoms with E-state index in [0.29, 0.717) is 22.3 Å². The maximum atomic E-state index is 5.99. The molecule has 0 aliphatic carbocycles. The van der Waals surface area contributed by atoms with E-state index in [1.54, 1.807) is 18.2 Å². The lowest BCUT2D eigenvalue weighted by molar-refractivity contribution is 0.472. The summed E-state index contributed by atoms with van der Waals surface area (Å²) in [5, 5.41) is 0.581. The fourth-order valence-electron chi connectivity index (χ4n) is 1.95. The van der Waals surface area contributed by atoms with Crippen molar-refractivity contribution in [3.05, 3.63) is 58.6 Å². The summed E-state index contributed by atoms with van der Waals surface area (Å²) in [4.78, 5) is 0.268. The molecule has 0 aliphatic heterocycles. The Kier molecular flexibility index (Phi) is 4.63. The molecule has 2 rings (SSSR count). The van der Waals surface area contributed by atoms with E-state index < -0.39 is 0 Å². The molecular weight excluding hydrogens is 290 g/mol. The molecule has 2 aromatic carbocycles. The van der Waals surface area contributed by atoms with E-state index in [4.69, 9.17) is 34.3 Å². The second kappa shape index (κ2) is 6.25. The second-order valence-electron chi connectivity index (χ2n) is 4.80. The van der Waals surface area contributed by atoms with Gasteiger partial charge in [-0.05, 0) is 35.7 Å². The van der Waals surface area contributed by atoms with Crippen molar-refractivity contribution in [2.24, 2.45) is 5.73 Å². The van der Waals surface area contributed by atoms with E-state index >= 15 is 0 Å². The minimum Gasteiger partial charge on any atom is -0.456 e. The van der Waals surface area contributed by atoms with E-state index in [2.05, 4.69) is 19.9 Å². The Morgan fingerprint density at radius 2 is 1.85 bits per heavy atom. The van der Waals surface area contributed by atoms with Crippen LogP contribution in [0.1, 0.15) is 30.9 Å². The lowest BCUT2D eigenvalue weighted by Gasteiger charge is -2.15. The highest BCUT2D eigenvalue weighted by atomic mass is 35.5. The third-order valence-corrected chi connectivity index (χ3v) is 3.42. The molecule has 0 fully saturated rings. The molecule has 0 aromatic heterocycles. The van der Waals surface area contributed by atoms with Crippen LogP contribution in [0.25, 0.3) is 0 Å². The summed E-state index contributed by atoms with van der Waals surface area (Å²) in [5.74, 6) is 1.80. The summed E-state index contributed by atoms with van der Waals surface area (Å²) < 4.78 is 5.99. The Labute approximate surface area is 129 Å². The van der Waals surface area contributed by atoms with Gasteiger partial charge in [0.1, 0.15) is 16.5 Å². The summed E-state index contributed by atoms with van der Waals surface area (Å²) in [5.41, 5.74) is 7.51. The third-order valence-electron chi connectivity index (χ3n) is 2.97. The molecular formula is C16H16ClNOS. The quantitative estimate of drug-likeness (QED) is 0.817. The Hall–Kier alpha value is -1.58. The molecule has 0 atom stereocenters. The summed E-state index contributed by atoms with van der Waals surface area (Å²) >= 11 is 11.0. The number of nitrogens with two attached hydrogens (primary N) is 1. The van der Waals surface area contributed by atoms with Crippen LogP contribution >= 0.6 is 23.8 Å². The molecule has 0 amide bonds. The third kappa shape index (κ3) is 3.30.